The molecule has 2 rings (SSSR count). The average molecular weight is 225 g/mol. The molecule has 2 heterocycles. The molecule has 2 N–H and O–H groups in total. The smallest absolute Gasteiger partial charge is 0.0795 e. The normalized spacial score (nSPS) is 22.5. The summed E-state index contributed by atoms with van der Waals surface area (Å²) in [5.41, 5.74) is 3.05. The summed E-state index contributed by atoms with van der Waals surface area (Å²) < 4.78 is 0. The maximum absolute atomic E-state index is 4.25. The molecule has 0 aliphatic carbocycles. The average Bonchev–Trinajstić information content (AvgIpc) is 2.62. The molecule has 0 bridgehead atoms. The Balaban J connectivity index is 1.64. The fraction of sp³-hybridized carbons (Fsp3) is 0.727. The van der Waals surface area contributed by atoms with Crippen molar-refractivity contribution in [2.45, 2.75) is 38.3 Å². The Morgan fingerprint density at radius 3 is 3.33 bits per heavy atom. The molecule has 1 aliphatic heterocycles. The number of thiazole rings is 1. The van der Waals surface area contributed by atoms with Crippen molar-refractivity contribution in [3.63, 3.8) is 0 Å². The summed E-state index contributed by atoms with van der Waals surface area (Å²) >= 11 is 1.66. The summed E-state index contributed by atoms with van der Waals surface area (Å²) in [6.45, 7) is 3.16. The second-order valence-electron chi connectivity index (χ2n) is 4.11. The zero-order valence-corrected chi connectivity index (χ0v) is 9.85. The maximum atomic E-state index is 4.25. The first-order valence-corrected chi connectivity index (χ1v) is 6.70. The maximum Gasteiger partial charge on any atom is 0.0795 e. The number of aromatic nitrogens is 1. The van der Waals surface area contributed by atoms with Crippen molar-refractivity contribution >= 4 is 11.3 Å². The van der Waals surface area contributed by atoms with Gasteiger partial charge in [-0.05, 0) is 19.4 Å². The van der Waals surface area contributed by atoms with E-state index in [0.29, 0.717) is 6.04 Å². The van der Waals surface area contributed by atoms with Gasteiger partial charge in [0.05, 0.1) is 11.2 Å². The van der Waals surface area contributed by atoms with Gasteiger partial charge in [0.2, 0.25) is 0 Å². The van der Waals surface area contributed by atoms with Gasteiger partial charge in [0.15, 0.2) is 0 Å². The molecule has 3 nitrogen and oxygen atoms in total. The van der Waals surface area contributed by atoms with Crippen LogP contribution in [0, 0.1) is 0 Å². The highest BCUT2D eigenvalue weighted by Crippen LogP contribution is 2.07. The van der Waals surface area contributed by atoms with E-state index < -0.39 is 0 Å². The standard InChI is InChI=1S/C11H19N3S/c1-2-4-10(13-5-3-1)6-12-7-11-8-15-9-14-11/h8-10,12-13H,1-7H2. The summed E-state index contributed by atoms with van der Waals surface area (Å²) in [7, 11) is 0. The Kier molecular flexibility index (Phi) is 4.57. The molecular formula is C11H19N3S. The van der Waals surface area contributed by atoms with E-state index in [9.17, 15) is 0 Å². The predicted molar refractivity (Wildman–Crippen MR) is 64.1 cm³/mol. The summed E-state index contributed by atoms with van der Waals surface area (Å²) in [5.74, 6) is 0. The van der Waals surface area contributed by atoms with Crippen LogP contribution in [0.3, 0.4) is 0 Å². The highest BCUT2D eigenvalue weighted by Gasteiger charge is 2.10. The molecule has 1 aromatic rings. The molecule has 1 aromatic heterocycles. The van der Waals surface area contributed by atoms with Gasteiger partial charge in [-0.2, -0.15) is 0 Å². The Hall–Kier alpha value is -0.450. The second-order valence-corrected chi connectivity index (χ2v) is 4.83. The summed E-state index contributed by atoms with van der Waals surface area (Å²) in [4.78, 5) is 4.25. The van der Waals surface area contributed by atoms with E-state index >= 15 is 0 Å². The number of nitrogens with zero attached hydrogens (tertiary/aromatic N) is 1. The lowest BCUT2D eigenvalue weighted by molar-refractivity contribution is 0.469. The predicted octanol–water partition coefficient (Wildman–Crippen LogP) is 1.76. The van der Waals surface area contributed by atoms with Gasteiger partial charge >= 0.3 is 0 Å². The van der Waals surface area contributed by atoms with Crippen LogP contribution in [0.5, 0.6) is 0 Å². The molecule has 84 valence electrons. The van der Waals surface area contributed by atoms with Crippen LogP contribution in [0.15, 0.2) is 10.9 Å². The van der Waals surface area contributed by atoms with Gasteiger partial charge in [-0.3, -0.25) is 0 Å². The number of hydrogen-bond acceptors (Lipinski definition) is 4. The van der Waals surface area contributed by atoms with Gasteiger partial charge in [-0.25, -0.2) is 4.98 Å². The van der Waals surface area contributed by atoms with Gasteiger partial charge in [0.25, 0.3) is 0 Å². The minimum Gasteiger partial charge on any atom is -0.313 e. The first-order valence-electron chi connectivity index (χ1n) is 5.76. The van der Waals surface area contributed by atoms with Crippen molar-refractivity contribution in [1.29, 1.82) is 0 Å². The first kappa shape index (κ1) is 11.0. The van der Waals surface area contributed by atoms with Gasteiger partial charge in [-0.15, -0.1) is 11.3 Å². The second kappa shape index (κ2) is 6.20. The summed E-state index contributed by atoms with van der Waals surface area (Å²) in [6.07, 6.45) is 5.40. The Bertz CT molecular complexity index is 253. The van der Waals surface area contributed by atoms with Crippen LogP contribution in [0.25, 0.3) is 0 Å². The van der Waals surface area contributed by atoms with Crippen molar-refractivity contribution in [2.24, 2.45) is 0 Å². The third kappa shape index (κ3) is 3.89. The molecule has 15 heavy (non-hydrogen) atoms. The van der Waals surface area contributed by atoms with E-state index in [2.05, 4.69) is 21.0 Å². The Labute approximate surface area is 95.3 Å². The molecular weight excluding hydrogens is 206 g/mol. The summed E-state index contributed by atoms with van der Waals surface area (Å²) in [5, 5.41) is 9.15. The lowest BCUT2D eigenvalue weighted by Gasteiger charge is -2.15. The van der Waals surface area contributed by atoms with E-state index in [0.717, 1.165) is 18.8 Å². The SMILES string of the molecule is c1nc(CNCC2CCCCCN2)cs1. The van der Waals surface area contributed by atoms with Crippen molar-refractivity contribution in [3.8, 4) is 0 Å². The van der Waals surface area contributed by atoms with Crippen LogP contribution in [0.4, 0.5) is 0 Å². The van der Waals surface area contributed by atoms with Crippen LogP contribution in [-0.4, -0.2) is 24.1 Å². The lowest BCUT2D eigenvalue weighted by Crippen LogP contribution is -2.37. The molecule has 1 saturated heterocycles. The molecule has 0 saturated carbocycles. The van der Waals surface area contributed by atoms with Gasteiger partial charge in [-0.1, -0.05) is 12.8 Å². The molecule has 0 aromatic carbocycles. The van der Waals surface area contributed by atoms with Gasteiger partial charge in [0, 0.05) is 24.5 Å². The van der Waals surface area contributed by atoms with Gasteiger partial charge < -0.3 is 10.6 Å². The summed E-state index contributed by atoms with van der Waals surface area (Å²) in [6, 6.07) is 0.658. The Morgan fingerprint density at radius 2 is 2.47 bits per heavy atom. The molecule has 1 atom stereocenters. The van der Waals surface area contributed by atoms with Gasteiger partial charge in [0.1, 0.15) is 0 Å². The minimum atomic E-state index is 0.658. The first-order chi connectivity index (χ1) is 7.45. The van der Waals surface area contributed by atoms with E-state index in [1.54, 1.807) is 11.3 Å². The van der Waals surface area contributed by atoms with Crippen LogP contribution in [0.1, 0.15) is 31.4 Å². The number of nitrogens with one attached hydrogen (secondary N) is 2. The van der Waals surface area contributed by atoms with E-state index in [4.69, 9.17) is 0 Å². The van der Waals surface area contributed by atoms with Crippen molar-refractivity contribution in [3.05, 3.63) is 16.6 Å². The highest BCUT2D eigenvalue weighted by molar-refractivity contribution is 7.07. The van der Waals surface area contributed by atoms with Crippen molar-refractivity contribution < 1.29 is 0 Å². The number of rotatable bonds is 4. The van der Waals surface area contributed by atoms with E-state index in [-0.39, 0.29) is 0 Å². The van der Waals surface area contributed by atoms with Crippen LogP contribution in [-0.2, 0) is 6.54 Å². The lowest BCUT2D eigenvalue weighted by atomic mass is 10.1. The zero-order valence-electron chi connectivity index (χ0n) is 9.04. The van der Waals surface area contributed by atoms with Crippen molar-refractivity contribution in [2.75, 3.05) is 13.1 Å². The zero-order chi connectivity index (χ0) is 10.3. The molecule has 0 amide bonds. The topological polar surface area (TPSA) is 37.0 Å². The largest absolute Gasteiger partial charge is 0.313 e. The molecule has 1 fully saturated rings. The minimum absolute atomic E-state index is 0.658. The van der Waals surface area contributed by atoms with E-state index in [1.165, 1.54) is 32.2 Å². The monoisotopic (exact) mass is 225 g/mol. The van der Waals surface area contributed by atoms with E-state index in [1.807, 2.05) is 5.51 Å². The van der Waals surface area contributed by atoms with Crippen molar-refractivity contribution in [1.82, 2.24) is 15.6 Å². The third-order valence-electron chi connectivity index (χ3n) is 2.84. The fourth-order valence-electron chi connectivity index (χ4n) is 1.97. The third-order valence-corrected chi connectivity index (χ3v) is 3.48. The molecule has 0 radical (unpaired) electrons. The molecule has 1 aliphatic rings. The quantitative estimate of drug-likeness (QED) is 0.820. The molecule has 4 heteroatoms. The van der Waals surface area contributed by atoms with Crippen LogP contribution < -0.4 is 10.6 Å². The van der Waals surface area contributed by atoms with Crippen LogP contribution >= 0.6 is 11.3 Å². The highest BCUT2D eigenvalue weighted by atomic mass is 32.1. The fourth-order valence-corrected chi connectivity index (χ4v) is 2.53. The molecule has 1 unspecified atom stereocenters. The van der Waals surface area contributed by atoms with Crippen LogP contribution in [0.2, 0.25) is 0 Å². The number of hydrogen-bond donors (Lipinski definition) is 2. The molecule has 0 spiro atoms. The Morgan fingerprint density at radius 1 is 1.47 bits per heavy atom.